The third kappa shape index (κ3) is 4.02. The standard InChI is InChI=1S/C16H23N5O.ClH/c1-2-20-8-10-21(11-9-20)16-18-14-6-4-3-5-13(14)15(19-16)17-7-12-22;/h3-6,22H,2,7-12H2,1H3,(H,17,18,19);1H. The van der Waals surface area contributed by atoms with Crippen LogP contribution in [0.3, 0.4) is 0 Å². The van der Waals surface area contributed by atoms with Crippen LogP contribution in [-0.4, -0.2) is 65.8 Å². The quantitative estimate of drug-likeness (QED) is 0.864. The van der Waals surface area contributed by atoms with E-state index in [9.17, 15) is 0 Å². The number of aliphatic hydroxyl groups is 1. The summed E-state index contributed by atoms with van der Waals surface area (Å²) < 4.78 is 0. The van der Waals surface area contributed by atoms with Crippen LogP contribution in [0.2, 0.25) is 0 Å². The number of aromatic nitrogens is 2. The van der Waals surface area contributed by atoms with E-state index in [1.165, 1.54) is 0 Å². The van der Waals surface area contributed by atoms with Gasteiger partial charge in [0.1, 0.15) is 5.82 Å². The third-order valence-electron chi connectivity index (χ3n) is 4.10. The van der Waals surface area contributed by atoms with E-state index in [0.717, 1.165) is 55.4 Å². The van der Waals surface area contributed by atoms with Crippen LogP contribution in [0, 0.1) is 0 Å². The van der Waals surface area contributed by atoms with Gasteiger partial charge in [0, 0.05) is 38.1 Å². The van der Waals surface area contributed by atoms with Gasteiger partial charge in [0.2, 0.25) is 5.95 Å². The molecular formula is C16H24ClN5O. The van der Waals surface area contributed by atoms with Crippen molar-refractivity contribution in [3.63, 3.8) is 0 Å². The van der Waals surface area contributed by atoms with E-state index < -0.39 is 0 Å². The lowest BCUT2D eigenvalue weighted by Crippen LogP contribution is -2.46. The van der Waals surface area contributed by atoms with Gasteiger partial charge in [0.25, 0.3) is 0 Å². The molecule has 1 aromatic carbocycles. The zero-order valence-corrected chi connectivity index (χ0v) is 14.2. The number of para-hydroxylation sites is 1. The van der Waals surface area contributed by atoms with E-state index >= 15 is 0 Å². The molecule has 23 heavy (non-hydrogen) atoms. The maximum Gasteiger partial charge on any atom is 0.227 e. The molecule has 1 aromatic heterocycles. The van der Waals surface area contributed by atoms with Gasteiger partial charge >= 0.3 is 0 Å². The molecule has 126 valence electrons. The second-order valence-electron chi connectivity index (χ2n) is 5.46. The van der Waals surface area contributed by atoms with Crippen molar-refractivity contribution in [2.45, 2.75) is 6.92 Å². The van der Waals surface area contributed by atoms with Gasteiger partial charge < -0.3 is 20.2 Å². The highest BCUT2D eigenvalue weighted by Crippen LogP contribution is 2.23. The van der Waals surface area contributed by atoms with Crippen molar-refractivity contribution in [1.29, 1.82) is 0 Å². The van der Waals surface area contributed by atoms with Gasteiger partial charge in [0.15, 0.2) is 0 Å². The highest BCUT2D eigenvalue weighted by molar-refractivity contribution is 5.90. The number of piperazine rings is 1. The first-order valence-corrected chi connectivity index (χ1v) is 7.90. The summed E-state index contributed by atoms with van der Waals surface area (Å²) in [6.45, 7) is 7.86. The van der Waals surface area contributed by atoms with Gasteiger partial charge in [-0.1, -0.05) is 19.1 Å². The minimum Gasteiger partial charge on any atom is -0.395 e. The fraction of sp³-hybridized carbons (Fsp3) is 0.500. The van der Waals surface area contributed by atoms with E-state index in [-0.39, 0.29) is 19.0 Å². The molecule has 0 spiro atoms. The maximum atomic E-state index is 9.05. The monoisotopic (exact) mass is 337 g/mol. The Morgan fingerprint density at radius 2 is 1.87 bits per heavy atom. The number of hydrogen-bond donors (Lipinski definition) is 2. The predicted octanol–water partition coefficient (Wildman–Crippen LogP) is 1.60. The fourth-order valence-electron chi connectivity index (χ4n) is 2.78. The van der Waals surface area contributed by atoms with Crippen LogP contribution < -0.4 is 10.2 Å². The molecule has 1 saturated heterocycles. The molecule has 0 aliphatic carbocycles. The van der Waals surface area contributed by atoms with E-state index in [1.54, 1.807) is 0 Å². The minimum absolute atomic E-state index is 0. The first-order chi connectivity index (χ1) is 10.8. The molecule has 0 amide bonds. The van der Waals surface area contributed by atoms with Crippen LogP contribution in [0.25, 0.3) is 10.9 Å². The Hall–Kier alpha value is -1.63. The van der Waals surface area contributed by atoms with Crippen molar-refractivity contribution < 1.29 is 5.11 Å². The van der Waals surface area contributed by atoms with Crippen molar-refractivity contribution in [1.82, 2.24) is 14.9 Å². The number of hydrogen-bond acceptors (Lipinski definition) is 6. The smallest absolute Gasteiger partial charge is 0.227 e. The van der Waals surface area contributed by atoms with Crippen LogP contribution in [0.1, 0.15) is 6.92 Å². The molecule has 0 bridgehead atoms. The predicted molar refractivity (Wildman–Crippen MR) is 96.7 cm³/mol. The molecule has 3 rings (SSSR count). The van der Waals surface area contributed by atoms with Crippen molar-refractivity contribution >= 4 is 35.1 Å². The van der Waals surface area contributed by atoms with Crippen molar-refractivity contribution in [2.24, 2.45) is 0 Å². The number of halogens is 1. The summed E-state index contributed by atoms with van der Waals surface area (Å²) in [5.74, 6) is 1.57. The molecular weight excluding hydrogens is 314 g/mol. The molecule has 2 heterocycles. The number of rotatable bonds is 5. The van der Waals surface area contributed by atoms with E-state index in [0.29, 0.717) is 6.54 Å². The first kappa shape index (κ1) is 17.7. The van der Waals surface area contributed by atoms with E-state index in [4.69, 9.17) is 10.1 Å². The highest BCUT2D eigenvalue weighted by atomic mass is 35.5. The van der Waals surface area contributed by atoms with Crippen LogP contribution >= 0.6 is 12.4 Å². The Morgan fingerprint density at radius 1 is 1.13 bits per heavy atom. The SMILES string of the molecule is CCN1CCN(c2nc(NCCO)c3ccccc3n2)CC1.Cl. The lowest BCUT2D eigenvalue weighted by atomic mass is 10.2. The van der Waals surface area contributed by atoms with Crippen molar-refractivity contribution in [2.75, 3.05) is 56.1 Å². The number of fused-ring (bicyclic) bond motifs is 1. The Balaban J connectivity index is 0.00000192. The summed E-state index contributed by atoms with van der Waals surface area (Å²) in [5, 5.41) is 13.2. The maximum absolute atomic E-state index is 9.05. The summed E-state index contributed by atoms with van der Waals surface area (Å²) in [6.07, 6.45) is 0. The zero-order valence-electron chi connectivity index (χ0n) is 13.4. The summed E-state index contributed by atoms with van der Waals surface area (Å²) in [5.41, 5.74) is 0.936. The largest absolute Gasteiger partial charge is 0.395 e. The summed E-state index contributed by atoms with van der Waals surface area (Å²) in [7, 11) is 0. The molecule has 0 atom stereocenters. The van der Waals surface area contributed by atoms with Gasteiger partial charge in [-0.05, 0) is 18.7 Å². The fourth-order valence-corrected chi connectivity index (χ4v) is 2.78. The molecule has 2 N–H and O–H groups in total. The molecule has 1 aliphatic heterocycles. The van der Waals surface area contributed by atoms with Gasteiger partial charge in [-0.25, -0.2) is 4.98 Å². The normalized spacial score (nSPS) is 15.5. The number of likely N-dealkylation sites (N-methyl/N-ethyl adjacent to an activating group) is 1. The van der Waals surface area contributed by atoms with Crippen LogP contribution in [0.15, 0.2) is 24.3 Å². The number of anilines is 2. The lowest BCUT2D eigenvalue weighted by molar-refractivity contribution is 0.270. The van der Waals surface area contributed by atoms with Crippen molar-refractivity contribution in [3.05, 3.63) is 24.3 Å². The van der Waals surface area contributed by atoms with Crippen LogP contribution in [-0.2, 0) is 0 Å². The number of nitrogens with zero attached hydrogens (tertiary/aromatic N) is 4. The van der Waals surface area contributed by atoms with Crippen LogP contribution in [0.5, 0.6) is 0 Å². The van der Waals surface area contributed by atoms with Crippen LogP contribution in [0.4, 0.5) is 11.8 Å². The lowest BCUT2D eigenvalue weighted by Gasteiger charge is -2.34. The number of nitrogens with one attached hydrogen (secondary N) is 1. The van der Waals surface area contributed by atoms with E-state index in [1.807, 2.05) is 24.3 Å². The Labute approximate surface area is 142 Å². The number of benzene rings is 1. The summed E-state index contributed by atoms with van der Waals surface area (Å²) >= 11 is 0. The molecule has 1 fully saturated rings. The molecule has 2 aromatic rings. The average molecular weight is 338 g/mol. The molecule has 6 nitrogen and oxygen atoms in total. The second-order valence-corrected chi connectivity index (χ2v) is 5.46. The van der Waals surface area contributed by atoms with Gasteiger partial charge in [-0.15, -0.1) is 12.4 Å². The summed E-state index contributed by atoms with van der Waals surface area (Å²) in [4.78, 5) is 14.1. The average Bonchev–Trinajstić information content (AvgIpc) is 2.59. The zero-order chi connectivity index (χ0) is 15.4. The van der Waals surface area contributed by atoms with Gasteiger partial charge in [-0.3, -0.25) is 0 Å². The van der Waals surface area contributed by atoms with E-state index in [2.05, 4.69) is 27.0 Å². The highest BCUT2D eigenvalue weighted by Gasteiger charge is 2.19. The van der Waals surface area contributed by atoms with Gasteiger partial charge in [0.05, 0.1) is 12.1 Å². The Morgan fingerprint density at radius 3 is 2.57 bits per heavy atom. The Bertz CT molecular complexity index is 631. The molecule has 1 aliphatic rings. The molecule has 7 heteroatoms. The topological polar surface area (TPSA) is 64.5 Å². The molecule has 0 unspecified atom stereocenters. The first-order valence-electron chi connectivity index (χ1n) is 7.90. The van der Waals surface area contributed by atoms with Gasteiger partial charge in [-0.2, -0.15) is 4.98 Å². The number of aliphatic hydroxyl groups excluding tert-OH is 1. The Kier molecular flexibility index (Phi) is 6.38. The van der Waals surface area contributed by atoms with Crippen molar-refractivity contribution in [3.8, 4) is 0 Å². The second kappa shape index (κ2) is 8.29. The molecule has 0 saturated carbocycles. The minimum atomic E-state index is 0. The summed E-state index contributed by atoms with van der Waals surface area (Å²) in [6, 6.07) is 7.99. The molecule has 0 radical (unpaired) electrons. The third-order valence-corrected chi connectivity index (χ3v) is 4.10.